The highest BCUT2D eigenvalue weighted by Gasteiger charge is 2.32. The molecule has 0 radical (unpaired) electrons. The van der Waals surface area contributed by atoms with Gasteiger partial charge in [0.05, 0.1) is 11.4 Å². The monoisotopic (exact) mass is 296 g/mol. The summed E-state index contributed by atoms with van der Waals surface area (Å²) in [6, 6.07) is 3.82. The molecule has 17 heavy (non-hydrogen) atoms. The van der Waals surface area contributed by atoms with Gasteiger partial charge in [0, 0.05) is 10.4 Å². The summed E-state index contributed by atoms with van der Waals surface area (Å²) < 4.78 is 0.839. The molecule has 1 aromatic carbocycles. The molecule has 1 saturated carbocycles. The Labute approximate surface area is 110 Å². The summed E-state index contributed by atoms with van der Waals surface area (Å²) in [5, 5.41) is 2.92. The average molecular weight is 297 g/mol. The van der Waals surface area contributed by atoms with Gasteiger partial charge in [-0.05, 0) is 59.3 Å². The highest BCUT2D eigenvalue weighted by atomic mass is 79.9. The van der Waals surface area contributed by atoms with Crippen LogP contribution in [0.5, 0.6) is 0 Å². The van der Waals surface area contributed by atoms with Gasteiger partial charge in [0.1, 0.15) is 0 Å². The molecule has 0 spiro atoms. The molecular weight excluding hydrogens is 280 g/mol. The van der Waals surface area contributed by atoms with Crippen LogP contribution in [0.1, 0.15) is 25.3 Å². The van der Waals surface area contributed by atoms with E-state index in [9.17, 15) is 4.79 Å². The minimum Gasteiger partial charge on any atom is -0.397 e. The van der Waals surface area contributed by atoms with Gasteiger partial charge in [-0.1, -0.05) is 6.92 Å². The number of hydrogen-bond acceptors (Lipinski definition) is 2. The SMILES string of the molecule is Cc1cc(N)c(NC(=O)C(C)C2CC2)c(Br)c1. The Hall–Kier alpha value is -1.03. The van der Waals surface area contributed by atoms with E-state index in [0.29, 0.717) is 17.3 Å². The fourth-order valence-electron chi connectivity index (χ4n) is 1.95. The van der Waals surface area contributed by atoms with Gasteiger partial charge in [-0.25, -0.2) is 0 Å². The van der Waals surface area contributed by atoms with E-state index in [0.717, 1.165) is 10.0 Å². The smallest absolute Gasteiger partial charge is 0.227 e. The zero-order chi connectivity index (χ0) is 12.6. The number of nitrogens with two attached hydrogens (primary N) is 1. The van der Waals surface area contributed by atoms with E-state index in [1.165, 1.54) is 12.8 Å². The molecule has 3 N–H and O–H groups in total. The van der Waals surface area contributed by atoms with E-state index < -0.39 is 0 Å². The van der Waals surface area contributed by atoms with Crippen LogP contribution >= 0.6 is 15.9 Å². The van der Waals surface area contributed by atoms with Crippen LogP contribution in [-0.2, 0) is 4.79 Å². The van der Waals surface area contributed by atoms with E-state index in [-0.39, 0.29) is 11.8 Å². The molecule has 1 fully saturated rings. The first-order valence-electron chi connectivity index (χ1n) is 5.85. The number of rotatable bonds is 3. The van der Waals surface area contributed by atoms with Crippen LogP contribution in [0.4, 0.5) is 11.4 Å². The number of aryl methyl sites for hydroxylation is 1. The van der Waals surface area contributed by atoms with E-state index >= 15 is 0 Å². The molecule has 3 nitrogen and oxygen atoms in total. The molecule has 1 atom stereocenters. The highest BCUT2D eigenvalue weighted by Crippen LogP contribution is 2.38. The second-order valence-electron chi connectivity index (χ2n) is 4.83. The Bertz CT molecular complexity index is 432. The molecule has 92 valence electrons. The fourth-order valence-corrected chi connectivity index (χ4v) is 2.64. The van der Waals surface area contributed by atoms with Crippen LogP contribution in [0, 0.1) is 18.8 Å². The van der Waals surface area contributed by atoms with E-state index in [1.54, 1.807) is 0 Å². The summed E-state index contributed by atoms with van der Waals surface area (Å²) in [4.78, 5) is 12.0. The Morgan fingerprint density at radius 3 is 2.71 bits per heavy atom. The summed E-state index contributed by atoms with van der Waals surface area (Å²) in [6.07, 6.45) is 2.33. The molecule has 0 saturated heterocycles. The maximum Gasteiger partial charge on any atom is 0.227 e. The standard InChI is InChI=1S/C13H17BrN2O/c1-7-5-10(14)12(11(15)6-7)16-13(17)8(2)9-3-4-9/h5-6,8-9H,3-4,15H2,1-2H3,(H,16,17). The maximum atomic E-state index is 12.0. The van der Waals surface area contributed by atoms with Crippen molar-refractivity contribution in [1.82, 2.24) is 0 Å². The lowest BCUT2D eigenvalue weighted by atomic mass is 10.1. The molecule has 0 aromatic heterocycles. The van der Waals surface area contributed by atoms with Crippen molar-refractivity contribution in [2.45, 2.75) is 26.7 Å². The third kappa shape index (κ3) is 2.80. The number of hydrogen-bond donors (Lipinski definition) is 2. The van der Waals surface area contributed by atoms with Crippen molar-refractivity contribution in [3.05, 3.63) is 22.2 Å². The first kappa shape index (κ1) is 12.4. The highest BCUT2D eigenvalue weighted by molar-refractivity contribution is 9.10. The van der Waals surface area contributed by atoms with Crippen LogP contribution in [0.15, 0.2) is 16.6 Å². The zero-order valence-electron chi connectivity index (χ0n) is 10.1. The van der Waals surface area contributed by atoms with Crippen LogP contribution in [0.25, 0.3) is 0 Å². The average Bonchev–Trinajstić information content (AvgIpc) is 3.05. The zero-order valence-corrected chi connectivity index (χ0v) is 11.7. The van der Waals surface area contributed by atoms with Crippen molar-refractivity contribution in [2.75, 3.05) is 11.1 Å². The van der Waals surface area contributed by atoms with E-state index in [2.05, 4.69) is 21.2 Å². The predicted molar refractivity (Wildman–Crippen MR) is 73.8 cm³/mol. The number of amides is 1. The summed E-state index contributed by atoms with van der Waals surface area (Å²) in [6.45, 7) is 3.95. The molecule has 2 rings (SSSR count). The molecule has 0 bridgehead atoms. The van der Waals surface area contributed by atoms with Crippen LogP contribution < -0.4 is 11.1 Å². The van der Waals surface area contributed by atoms with Gasteiger partial charge in [0.25, 0.3) is 0 Å². The van der Waals surface area contributed by atoms with E-state index in [1.807, 2.05) is 26.0 Å². The van der Waals surface area contributed by atoms with Crippen LogP contribution in [-0.4, -0.2) is 5.91 Å². The molecule has 0 heterocycles. The fraction of sp³-hybridized carbons (Fsp3) is 0.462. The Kier molecular flexibility index (Phi) is 3.43. The number of carbonyl (C=O) groups is 1. The summed E-state index contributed by atoms with van der Waals surface area (Å²) in [7, 11) is 0. The van der Waals surface area contributed by atoms with Gasteiger partial charge < -0.3 is 11.1 Å². The number of benzene rings is 1. The number of nitrogens with one attached hydrogen (secondary N) is 1. The molecule has 1 aliphatic carbocycles. The second-order valence-corrected chi connectivity index (χ2v) is 5.68. The second kappa shape index (κ2) is 4.69. The molecule has 1 amide bonds. The lowest BCUT2D eigenvalue weighted by Gasteiger charge is -2.14. The maximum absolute atomic E-state index is 12.0. The Balaban J connectivity index is 2.15. The van der Waals surface area contributed by atoms with E-state index in [4.69, 9.17) is 5.73 Å². The molecule has 1 unspecified atom stereocenters. The largest absolute Gasteiger partial charge is 0.397 e. The van der Waals surface area contributed by atoms with Gasteiger partial charge in [0.2, 0.25) is 5.91 Å². The van der Waals surface area contributed by atoms with Crippen molar-refractivity contribution < 1.29 is 4.79 Å². The van der Waals surface area contributed by atoms with Crippen LogP contribution in [0.3, 0.4) is 0 Å². The topological polar surface area (TPSA) is 55.1 Å². The van der Waals surface area contributed by atoms with Gasteiger partial charge in [-0.3, -0.25) is 4.79 Å². The van der Waals surface area contributed by atoms with Gasteiger partial charge in [-0.15, -0.1) is 0 Å². The third-order valence-corrected chi connectivity index (χ3v) is 3.88. The lowest BCUT2D eigenvalue weighted by Crippen LogP contribution is -2.22. The summed E-state index contributed by atoms with van der Waals surface area (Å²) >= 11 is 3.43. The number of anilines is 2. The van der Waals surface area contributed by atoms with Gasteiger partial charge in [0.15, 0.2) is 0 Å². The van der Waals surface area contributed by atoms with Crippen molar-refractivity contribution in [3.8, 4) is 0 Å². The first-order valence-corrected chi connectivity index (χ1v) is 6.65. The first-order chi connectivity index (χ1) is 7.99. The number of halogens is 1. The van der Waals surface area contributed by atoms with Gasteiger partial charge >= 0.3 is 0 Å². The minimum absolute atomic E-state index is 0.0590. The molecule has 1 aromatic rings. The number of nitrogen functional groups attached to an aromatic ring is 1. The molecule has 1 aliphatic rings. The Morgan fingerprint density at radius 2 is 2.18 bits per heavy atom. The molecule has 0 aliphatic heterocycles. The minimum atomic E-state index is 0.0590. The van der Waals surface area contributed by atoms with Crippen molar-refractivity contribution in [1.29, 1.82) is 0 Å². The quantitative estimate of drug-likeness (QED) is 0.841. The van der Waals surface area contributed by atoms with Crippen LogP contribution in [0.2, 0.25) is 0 Å². The molecule has 4 heteroatoms. The number of carbonyl (C=O) groups excluding carboxylic acids is 1. The van der Waals surface area contributed by atoms with Crippen molar-refractivity contribution >= 4 is 33.2 Å². The summed E-state index contributed by atoms with van der Waals surface area (Å²) in [5.41, 5.74) is 8.28. The summed E-state index contributed by atoms with van der Waals surface area (Å²) in [5.74, 6) is 0.687. The third-order valence-electron chi connectivity index (χ3n) is 3.26. The molecular formula is C13H17BrN2O. The lowest BCUT2D eigenvalue weighted by molar-refractivity contribution is -0.119. The Morgan fingerprint density at radius 1 is 1.53 bits per heavy atom. The predicted octanol–water partition coefficient (Wildman–Crippen LogP) is 3.32. The van der Waals surface area contributed by atoms with Crippen molar-refractivity contribution in [3.63, 3.8) is 0 Å². The normalized spacial score (nSPS) is 16.6. The van der Waals surface area contributed by atoms with Gasteiger partial charge in [-0.2, -0.15) is 0 Å². The van der Waals surface area contributed by atoms with Crippen molar-refractivity contribution in [2.24, 2.45) is 11.8 Å².